The van der Waals surface area contributed by atoms with Crippen LogP contribution in [0.25, 0.3) is 5.57 Å². The molecule has 0 N–H and O–H groups in total. The summed E-state index contributed by atoms with van der Waals surface area (Å²) in [4.78, 5) is 12.4. The van der Waals surface area contributed by atoms with Gasteiger partial charge in [-0.05, 0) is 54.5 Å². The highest BCUT2D eigenvalue weighted by Crippen LogP contribution is 2.56. The molecule has 0 spiro atoms. The van der Waals surface area contributed by atoms with Crippen LogP contribution in [0.4, 0.5) is 0 Å². The molecule has 0 unspecified atom stereocenters. The topological polar surface area (TPSA) is 17.1 Å². The summed E-state index contributed by atoms with van der Waals surface area (Å²) in [5, 5.41) is 0.747. The molecule has 0 aliphatic heterocycles. The monoisotopic (exact) mass is 260 g/mol. The zero-order valence-electron chi connectivity index (χ0n) is 10.6. The van der Waals surface area contributed by atoms with Crippen molar-refractivity contribution in [3.8, 4) is 0 Å². The Morgan fingerprint density at radius 3 is 2.72 bits per heavy atom. The third-order valence-corrected chi connectivity index (χ3v) is 5.00. The lowest BCUT2D eigenvalue weighted by molar-refractivity contribution is -0.123. The van der Waals surface area contributed by atoms with E-state index in [4.69, 9.17) is 11.6 Å². The number of carbonyl (C=O) groups is 1. The lowest BCUT2D eigenvalue weighted by Gasteiger charge is -2.27. The van der Waals surface area contributed by atoms with E-state index in [0.29, 0.717) is 11.7 Å². The fraction of sp³-hybridized carbons (Fsp3) is 0.438. The first-order valence-corrected chi connectivity index (χ1v) is 7.07. The van der Waals surface area contributed by atoms with E-state index in [1.165, 1.54) is 12.0 Å². The average Bonchev–Trinajstić information content (AvgIpc) is 2.91. The molecule has 1 aromatic rings. The van der Waals surface area contributed by atoms with Gasteiger partial charge in [0, 0.05) is 10.4 Å². The minimum Gasteiger partial charge on any atom is -0.294 e. The molecule has 3 rings (SSSR count). The normalized spacial score (nSPS) is 30.4. The summed E-state index contributed by atoms with van der Waals surface area (Å²) in [5.74, 6) is 0.772. The van der Waals surface area contributed by atoms with Crippen LogP contribution < -0.4 is 0 Å². The molecule has 2 aliphatic carbocycles. The summed E-state index contributed by atoms with van der Waals surface area (Å²) >= 11 is 5.93. The van der Waals surface area contributed by atoms with Crippen LogP contribution in [0.3, 0.4) is 0 Å². The third-order valence-electron chi connectivity index (χ3n) is 4.74. The van der Waals surface area contributed by atoms with Crippen molar-refractivity contribution in [1.82, 2.24) is 0 Å². The predicted octanol–water partition coefficient (Wildman–Crippen LogP) is 4.50. The van der Waals surface area contributed by atoms with Crippen molar-refractivity contribution in [1.29, 1.82) is 0 Å². The minimum absolute atomic E-state index is 0.0883. The van der Waals surface area contributed by atoms with E-state index in [1.807, 2.05) is 30.3 Å². The smallest absolute Gasteiger partial charge is 0.162 e. The second-order valence-electron chi connectivity index (χ2n) is 5.43. The fourth-order valence-electron chi connectivity index (χ4n) is 3.73. The Hall–Kier alpha value is -1.08. The Balaban J connectivity index is 2.02. The van der Waals surface area contributed by atoms with Crippen LogP contribution in [0.15, 0.2) is 30.3 Å². The Bertz CT molecular complexity index is 514. The molecule has 2 atom stereocenters. The standard InChI is InChI=1S/C16H17ClO/c1-2-16-9-3-4-14(16)13(10-15(16)18)11-5-7-12(17)8-6-11/h5-8,10,14H,2-4,9H2,1H3/t14-,16-/m1/s1. The van der Waals surface area contributed by atoms with E-state index >= 15 is 0 Å². The van der Waals surface area contributed by atoms with Gasteiger partial charge in [-0.3, -0.25) is 4.79 Å². The lowest BCUT2D eigenvalue weighted by Crippen LogP contribution is -2.28. The van der Waals surface area contributed by atoms with Crippen LogP contribution in [0.5, 0.6) is 0 Å². The van der Waals surface area contributed by atoms with Gasteiger partial charge in [0.05, 0.1) is 0 Å². The van der Waals surface area contributed by atoms with Gasteiger partial charge >= 0.3 is 0 Å². The van der Waals surface area contributed by atoms with E-state index < -0.39 is 0 Å². The van der Waals surface area contributed by atoms with Gasteiger partial charge in [-0.25, -0.2) is 0 Å². The molecular formula is C16H17ClO. The maximum absolute atomic E-state index is 12.4. The molecule has 2 aliphatic rings. The van der Waals surface area contributed by atoms with E-state index in [1.54, 1.807) is 0 Å². The van der Waals surface area contributed by atoms with Crippen LogP contribution in [-0.2, 0) is 4.79 Å². The predicted molar refractivity (Wildman–Crippen MR) is 74.5 cm³/mol. The summed E-state index contributed by atoms with van der Waals surface area (Å²) in [7, 11) is 0. The van der Waals surface area contributed by atoms with E-state index in [-0.39, 0.29) is 5.41 Å². The highest BCUT2D eigenvalue weighted by molar-refractivity contribution is 6.30. The second kappa shape index (κ2) is 4.24. The third kappa shape index (κ3) is 1.57. The molecule has 0 radical (unpaired) electrons. The quantitative estimate of drug-likeness (QED) is 0.765. The van der Waals surface area contributed by atoms with Gasteiger partial charge in [0.25, 0.3) is 0 Å². The molecule has 0 bridgehead atoms. The molecule has 1 nitrogen and oxygen atoms in total. The van der Waals surface area contributed by atoms with Gasteiger partial charge in [0.15, 0.2) is 5.78 Å². The Kier molecular flexibility index (Phi) is 2.82. The summed E-state index contributed by atoms with van der Waals surface area (Å²) in [5.41, 5.74) is 2.31. The van der Waals surface area contributed by atoms with Crippen molar-refractivity contribution in [2.24, 2.45) is 11.3 Å². The number of halogens is 1. The highest BCUT2D eigenvalue weighted by Gasteiger charge is 2.51. The second-order valence-corrected chi connectivity index (χ2v) is 5.86. The number of rotatable bonds is 2. The maximum atomic E-state index is 12.4. The van der Waals surface area contributed by atoms with Crippen LogP contribution in [0, 0.1) is 11.3 Å². The van der Waals surface area contributed by atoms with Crippen molar-refractivity contribution < 1.29 is 4.79 Å². The van der Waals surface area contributed by atoms with Gasteiger partial charge in [-0.1, -0.05) is 37.1 Å². The molecule has 1 saturated carbocycles. The maximum Gasteiger partial charge on any atom is 0.162 e. The van der Waals surface area contributed by atoms with Gasteiger partial charge in [-0.15, -0.1) is 0 Å². The van der Waals surface area contributed by atoms with E-state index in [0.717, 1.165) is 29.8 Å². The number of fused-ring (bicyclic) bond motifs is 1. The molecule has 18 heavy (non-hydrogen) atoms. The molecular weight excluding hydrogens is 244 g/mol. The van der Waals surface area contributed by atoms with Crippen molar-refractivity contribution in [2.45, 2.75) is 32.6 Å². The van der Waals surface area contributed by atoms with Gasteiger partial charge in [0.2, 0.25) is 0 Å². The van der Waals surface area contributed by atoms with Crippen LogP contribution in [-0.4, -0.2) is 5.78 Å². The van der Waals surface area contributed by atoms with Gasteiger partial charge in [0.1, 0.15) is 0 Å². The van der Waals surface area contributed by atoms with Gasteiger partial charge < -0.3 is 0 Å². The minimum atomic E-state index is -0.0883. The van der Waals surface area contributed by atoms with E-state index in [9.17, 15) is 4.79 Å². The van der Waals surface area contributed by atoms with Crippen molar-refractivity contribution in [3.05, 3.63) is 40.9 Å². The summed E-state index contributed by atoms with van der Waals surface area (Å²) in [6.07, 6.45) is 6.23. The Morgan fingerprint density at radius 2 is 2.06 bits per heavy atom. The molecule has 0 amide bonds. The molecule has 0 aromatic heterocycles. The first kappa shape index (κ1) is 12.0. The lowest BCUT2D eigenvalue weighted by atomic mass is 9.74. The fourth-order valence-corrected chi connectivity index (χ4v) is 3.86. The number of benzene rings is 1. The molecule has 2 heteroatoms. The Morgan fingerprint density at radius 1 is 1.33 bits per heavy atom. The molecule has 0 saturated heterocycles. The largest absolute Gasteiger partial charge is 0.294 e. The van der Waals surface area contributed by atoms with Crippen molar-refractivity contribution in [2.75, 3.05) is 0 Å². The summed E-state index contributed by atoms with van der Waals surface area (Å²) in [6, 6.07) is 7.88. The number of ketones is 1. The number of allylic oxidation sites excluding steroid dienone is 2. The molecule has 94 valence electrons. The zero-order valence-corrected chi connectivity index (χ0v) is 11.3. The van der Waals surface area contributed by atoms with Crippen LogP contribution in [0.1, 0.15) is 38.2 Å². The number of carbonyl (C=O) groups excluding carboxylic acids is 1. The SMILES string of the molecule is CC[C@@]12CCC[C@@H]1C(c1ccc(Cl)cc1)=CC2=O. The Labute approximate surface area is 113 Å². The highest BCUT2D eigenvalue weighted by atomic mass is 35.5. The molecule has 1 fully saturated rings. The van der Waals surface area contributed by atoms with Crippen molar-refractivity contribution >= 4 is 23.0 Å². The first-order valence-electron chi connectivity index (χ1n) is 6.69. The summed E-state index contributed by atoms with van der Waals surface area (Å²) in [6.45, 7) is 2.15. The molecule has 0 heterocycles. The van der Waals surface area contributed by atoms with Crippen LogP contribution in [0.2, 0.25) is 5.02 Å². The number of hydrogen-bond donors (Lipinski definition) is 0. The number of hydrogen-bond acceptors (Lipinski definition) is 1. The first-order chi connectivity index (χ1) is 8.67. The van der Waals surface area contributed by atoms with Crippen molar-refractivity contribution in [3.63, 3.8) is 0 Å². The average molecular weight is 261 g/mol. The van der Waals surface area contributed by atoms with E-state index in [2.05, 4.69) is 6.92 Å². The van der Waals surface area contributed by atoms with Crippen LogP contribution >= 0.6 is 11.6 Å². The van der Waals surface area contributed by atoms with Gasteiger partial charge in [-0.2, -0.15) is 0 Å². The zero-order chi connectivity index (χ0) is 12.8. The summed E-state index contributed by atoms with van der Waals surface area (Å²) < 4.78 is 0. The molecule has 1 aromatic carbocycles.